The Morgan fingerprint density at radius 3 is 1.20 bits per heavy atom. The first-order valence-electron chi connectivity index (χ1n) is 34.2. The summed E-state index contributed by atoms with van der Waals surface area (Å²) < 4.78 is 1.19. The Morgan fingerprint density at radius 2 is 0.688 bits per heavy atom. The number of hydrogen-bond donors (Lipinski definition) is 1. The van der Waals surface area contributed by atoms with E-state index in [0.717, 1.165) is 17.8 Å². The summed E-state index contributed by atoms with van der Waals surface area (Å²) in [6.07, 6.45) is 10.0. The normalized spacial score (nSPS) is 14.7. The van der Waals surface area contributed by atoms with Gasteiger partial charge in [0, 0.05) is 54.3 Å². The monoisotopic (exact) mass is 1270 g/mol. The van der Waals surface area contributed by atoms with Crippen molar-refractivity contribution in [3.05, 3.63) is 303 Å². The number of aryl methyl sites for hydroxylation is 2. The fourth-order valence-electron chi connectivity index (χ4n) is 16.1. The molecule has 1 N–H and O–H groups in total. The third kappa shape index (κ3) is 10.8. The summed E-state index contributed by atoms with van der Waals surface area (Å²) in [4.78, 5) is 2.47. The summed E-state index contributed by atoms with van der Waals surface area (Å²) in [5.41, 5.74) is 31.2. The highest BCUT2D eigenvalue weighted by molar-refractivity contribution is 9.10. The number of hydrogen-bond acceptors (Lipinski definition) is 2. The highest BCUT2D eigenvalue weighted by Gasteiger charge is 2.45. The molecular weight excluding hydrogens is 1190 g/mol. The zero-order valence-corrected chi connectivity index (χ0v) is 57.7. The molecule has 0 atom stereocenters. The molecule has 16 rings (SSSR count). The summed E-state index contributed by atoms with van der Waals surface area (Å²) in [7, 11) is 0. The Kier molecular flexibility index (Phi) is 16.3. The molecule has 12 aromatic rings. The molecule has 93 heavy (non-hydrogen) atoms. The van der Waals surface area contributed by atoms with E-state index in [2.05, 4.69) is 320 Å². The lowest BCUT2D eigenvalue weighted by molar-refractivity contribution is 0.652. The summed E-state index contributed by atoms with van der Waals surface area (Å²) in [5, 5.41) is 8.64. The van der Waals surface area contributed by atoms with E-state index in [1.165, 1.54) is 188 Å². The summed E-state index contributed by atoms with van der Waals surface area (Å²) in [6, 6.07) is 89.9. The van der Waals surface area contributed by atoms with Gasteiger partial charge in [0.15, 0.2) is 0 Å². The summed E-state index contributed by atoms with van der Waals surface area (Å²) >= 11 is 3.84. The summed E-state index contributed by atoms with van der Waals surface area (Å²) in [6.45, 7) is 23.6. The number of halogens is 1. The molecule has 0 unspecified atom stereocenters. The van der Waals surface area contributed by atoms with E-state index in [9.17, 15) is 0 Å². The molecular formula is C90H87BrN2. The smallest absolute Gasteiger partial charge is 0.0543 e. The van der Waals surface area contributed by atoms with Crippen LogP contribution >= 0.6 is 15.9 Å². The second-order valence-corrected chi connectivity index (χ2v) is 29.5. The van der Waals surface area contributed by atoms with Crippen molar-refractivity contribution < 1.29 is 0 Å². The molecule has 0 saturated carbocycles. The largest absolute Gasteiger partial charge is 0.356 e. The number of fused-ring (bicyclic) bond motifs is 16. The van der Waals surface area contributed by atoms with Crippen molar-refractivity contribution in [1.29, 1.82) is 0 Å². The molecule has 0 amide bonds. The van der Waals surface area contributed by atoms with E-state index in [1.807, 2.05) is 18.2 Å². The molecule has 0 saturated heterocycles. The average molecular weight is 1280 g/mol. The molecule has 0 radical (unpaired) electrons. The number of benzene rings is 12. The molecule has 0 aliphatic heterocycles. The average Bonchev–Trinajstić information content (AvgIpc) is 1.55. The van der Waals surface area contributed by atoms with Crippen LogP contribution in [0.15, 0.2) is 247 Å². The van der Waals surface area contributed by atoms with Crippen LogP contribution in [0.1, 0.15) is 163 Å². The maximum absolute atomic E-state index is 3.84. The first-order valence-corrected chi connectivity index (χ1v) is 35.0. The maximum Gasteiger partial charge on any atom is 0.0543 e. The minimum atomic E-state index is -0.147. The molecule has 0 aromatic heterocycles. The molecule has 3 heteroatoms. The zero-order chi connectivity index (χ0) is 64.4. The number of nitrogens with zero attached hydrogens (tertiary/aromatic N) is 1. The van der Waals surface area contributed by atoms with Crippen LogP contribution in [0, 0.1) is 0 Å². The van der Waals surface area contributed by atoms with Crippen molar-refractivity contribution >= 4 is 65.9 Å². The lowest BCUT2D eigenvalue weighted by atomic mass is 9.79. The summed E-state index contributed by atoms with van der Waals surface area (Å²) in [5.74, 6) is 0. The molecule has 464 valence electrons. The van der Waals surface area contributed by atoms with Crippen LogP contribution in [0.4, 0.5) is 28.4 Å². The van der Waals surface area contributed by atoms with Gasteiger partial charge in [0.1, 0.15) is 0 Å². The minimum absolute atomic E-state index is 0.0199. The molecule has 0 fully saturated rings. The number of para-hydroxylation sites is 2. The standard InChI is InChI=1S/C45H43N.C28H23Br.C17H21N/c1-6-7-9-16-30-23-25-32(26-24-30)46(31-17-10-8-11-18-31)42-29-41-43(35-21-13-12-20-34(35)42)37-28-39-36(27-40(37)45(41,4)5)33-19-14-15-22-38(33)44(39,2)3;1-27(2)21-12-8-7-9-16(21)19-13-23-20(14-22(19)27)26-18-11-6-5-10-17(18)25(29)15-24(26)28(23,3)4;1-2-3-5-8-15-11-13-17(14-12-15)18-16-9-6-4-7-10-16/h8,10-15,17-29H,6-7,9,16H2,1-5H3;5-15H,1-4H3;4,6-7,9-14,18H,2-3,5,8H2,1H3. The third-order valence-corrected chi connectivity index (χ3v) is 22.0. The van der Waals surface area contributed by atoms with Gasteiger partial charge in [0.25, 0.3) is 0 Å². The van der Waals surface area contributed by atoms with Gasteiger partial charge in [0.2, 0.25) is 0 Å². The number of nitrogens with one attached hydrogen (secondary N) is 1. The van der Waals surface area contributed by atoms with E-state index >= 15 is 0 Å². The number of rotatable bonds is 13. The van der Waals surface area contributed by atoms with Crippen molar-refractivity contribution in [1.82, 2.24) is 0 Å². The third-order valence-electron chi connectivity index (χ3n) is 21.3. The van der Waals surface area contributed by atoms with Crippen molar-refractivity contribution in [2.45, 2.75) is 142 Å². The quantitative estimate of drug-likeness (QED) is 0.116. The minimum Gasteiger partial charge on any atom is -0.356 e. The second kappa shape index (κ2) is 24.6. The number of unbranched alkanes of at least 4 members (excludes halogenated alkanes) is 4. The van der Waals surface area contributed by atoms with E-state index in [0.29, 0.717) is 0 Å². The fourth-order valence-corrected chi connectivity index (χ4v) is 16.7. The van der Waals surface area contributed by atoms with Gasteiger partial charge in [-0.25, -0.2) is 0 Å². The van der Waals surface area contributed by atoms with Gasteiger partial charge in [-0.1, -0.05) is 269 Å². The zero-order valence-electron chi connectivity index (χ0n) is 56.1. The van der Waals surface area contributed by atoms with Gasteiger partial charge in [-0.15, -0.1) is 0 Å². The Bertz CT molecular complexity index is 4780. The van der Waals surface area contributed by atoms with Crippen molar-refractivity contribution in [2.24, 2.45) is 0 Å². The topological polar surface area (TPSA) is 15.3 Å². The number of anilines is 5. The van der Waals surface area contributed by atoms with Crippen LogP contribution < -0.4 is 10.2 Å². The Balaban J connectivity index is 0.000000135. The molecule has 12 aromatic carbocycles. The van der Waals surface area contributed by atoms with Crippen LogP contribution in [-0.4, -0.2) is 0 Å². The predicted molar refractivity (Wildman–Crippen MR) is 403 cm³/mol. The van der Waals surface area contributed by atoms with Crippen molar-refractivity contribution in [2.75, 3.05) is 10.2 Å². The Hall–Kier alpha value is -8.76. The molecule has 0 bridgehead atoms. The van der Waals surface area contributed by atoms with Crippen LogP contribution in [0.3, 0.4) is 0 Å². The molecule has 0 heterocycles. The van der Waals surface area contributed by atoms with Crippen LogP contribution in [0.25, 0.3) is 66.1 Å². The van der Waals surface area contributed by atoms with Gasteiger partial charge < -0.3 is 10.2 Å². The lowest BCUT2D eigenvalue weighted by Crippen LogP contribution is -2.18. The van der Waals surface area contributed by atoms with E-state index in [4.69, 9.17) is 0 Å². The SMILES string of the molecule is CC1(C)c2ccccc2-c2cc3c(cc21)-c1c(cc(Br)c2ccccc12)C3(C)C.CCCCCc1ccc(N(c2ccccc2)c2cc3c(c4ccccc24)-c2cc4c(cc2C3(C)C)-c2ccccc2C4(C)C)cc1.CCCCCc1ccc(Nc2ccccc2)cc1. The molecule has 4 aliphatic carbocycles. The molecule has 2 nitrogen and oxygen atoms in total. The molecule has 0 spiro atoms. The van der Waals surface area contributed by atoms with Crippen LogP contribution in [0.2, 0.25) is 0 Å². The Morgan fingerprint density at radius 1 is 0.312 bits per heavy atom. The first-order chi connectivity index (χ1) is 45.0. The van der Waals surface area contributed by atoms with Gasteiger partial charge >= 0.3 is 0 Å². The predicted octanol–water partition coefficient (Wildman–Crippen LogP) is 26.0. The van der Waals surface area contributed by atoms with Gasteiger partial charge in [-0.05, 0) is 227 Å². The highest BCUT2D eigenvalue weighted by atomic mass is 79.9. The highest BCUT2D eigenvalue weighted by Crippen LogP contribution is 2.61. The van der Waals surface area contributed by atoms with Gasteiger partial charge in [-0.2, -0.15) is 0 Å². The van der Waals surface area contributed by atoms with Gasteiger partial charge in [0.05, 0.1) is 5.69 Å². The van der Waals surface area contributed by atoms with Gasteiger partial charge in [-0.3, -0.25) is 0 Å². The van der Waals surface area contributed by atoms with Crippen molar-refractivity contribution in [3.63, 3.8) is 0 Å². The van der Waals surface area contributed by atoms with Crippen molar-refractivity contribution in [3.8, 4) is 44.5 Å². The first kappa shape index (κ1) is 61.7. The van der Waals surface area contributed by atoms with Crippen LogP contribution in [-0.2, 0) is 34.5 Å². The Labute approximate surface area is 562 Å². The fraction of sp³-hybridized carbons (Fsp3) is 0.244. The van der Waals surface area contributed by atoms with Crippen LogP contribution in [0.5, 0.6) is 0 Å². The van der Waals surface area contributed by atoms with E-state index in [1.54, 1.807) is 0 Å². The lowest BCUT2D eigenvalue weighted by Gasteiger charge is -2.30. The van der Waals surface area contributed by atoms with E-state index < -0.39 is 0 Å². The maximum atomic E-state index is 3.84. The van der Waals surface area contributed by atoms with E-state index in [-0.39, 0.29) is 21.7 Å². The molecule has 4 aliphatic rings. The second-order valence-electron chi connectivity index (χ2n) is 28.6.